The Bertz CT molecular complexity index is 903. The Morgan fingerprint density at radius 2 is 1.85 bits per heavy atom. The smallest absolute Gasteiger partial charge is 0.325 e. The van der Waals surface area contributed by atoms with Gasteiger partial charge in [0.25, 0.3) is 0 Å². The van der Waals surface area contributed by atoms with Crippen LogP contribution >= 0.6 is 23.2 Å². The number of anilines is 1. The molecule has 3 aromatic rings. The van der Waals surface area contributed by atoms with Crippen LogP contribution in [0.4, 0.5) is 6.01 Å². The fourth-order valence-corrected chi connectivity index (χ4v) is 3.54. The fraction of sp³-hybridized carbons (Fsp3) is 0.412. The standard InChI is InChI=1S/C17H17Cl2N5O2/c1-9(2)16-20-15(23-25-16)13-4-3-5-24(13)17-21-14(22-26-17)10-6-11(18)8-12(19)7-10/h6-9,13H,3-5H2,1-2H3. The summed E-state index contributed by atoms with van der Waals surface area (Å²) in [4.78, 5) is 11.0. The summed E-state index contributed by atoms with van der Waals surface area (Å²) < 4.78 is 10.8. The van der Waals surface area contributed by atoms with Crippen LogP contribution in [0.25, 0.3) is 11.4 Å². The van der Waals surface area contributed by atoms with Crippen molar-refractivity contribution in [1.82, 2.24) is 20.3 Å². The van der Waals surface area contributed by atoms with Gasteiger partial charge in [0.1, 0.15) is 0 Å². The number of benzene rings is 1. The molecule has 26 heavy (non-hydrogen) atoms. The lowest BCUT2D eigenvalue weighted by Crippen LogP contribution is -2.23. The van der Waals surface area contributed by atoms with Gasteiger partial charge in [-0.3, -0.25) is 0 Å². The predicted molar refractivity (Wildman–Crippen MR) is 97.5 cm³/mol. The van der Waals surface area contributed by atoms with Crippen molar-refractivity contribution < 1.29 is 9.05 Å². The van der Waals surface area contributed by atoms with E-state index in [0.717, 1.165) is 19.4 Å². The Morgan fingerprint density at radius 1 is 1.08 bits per heavy atom. The summed E-state index contributed by atoms with van der Waals surface area (Å²) in [7, 11) is 0. The van der Waals surface area contributed by atoms with Crippen molar-refractivity contribution in [1.29, 1.82) is 0 Å². The first-order valence-electron chi connectivity index (χ1n) is 8.41. The van der Waals surface area contributed by atoms with Gasteiger partial charge in [0.05, 0.1) is 6.04 Å². The monoisotopic (exact) mass is 393 g/mol. The molecule has 1 saturated heterocycles. The van der Waals surface area contributed by atoms with Gasteiger partial charge >= 0.3 is 6.01 Å². The molecular formula is C17H17Cl2N5O2. The minimum atomic E-state index is -0.0394. The van der Waals surface area contributed by atoms with E-state index >= 15 is 0 Å². The number of hydrogen-bond acceptors (Lipinski definition) is 7. The van der Waals surface area contributed by atoms with Crippen LogP contribution in [0.1, 0.15) is 50.4 Å². The van der Waals surface area contributed by atoms with Crippen LogP contribution in [0, 0.1) is 0 Å². The molecule has 0 bridgehead atoms. The summed E-state index contributed by atoms with van der Waals surface area (Å²) >= 11 is 12.1. The number of halogens is 2. The lowest BCUT2D eigenvalue weighted by Gasteiger charge is -2.18. The molecule has 0 saturated carbocycles. The van der Waals surface area contributed by atoms with Gasteiger partial charge in [0.2, 0.25) is 11.7 Å². The molecule has 0 radical (unpaired) electrons. The van der Waals surface area contributed by atoms with Crippen LogP contribution in [-0.2, 0) is 0 Å². The molecule has 7 nitrogen and oxygen atoms in total. The van der Waals surface area contributed by atoms with Gasteiger partial charge in [-0.1, -0.05) is 47.4 Å². The highest BCUT2D eigenvalue weighted by atomic mass is 35.5. The van der Waals surface area contributed by atoms with Gasteiger partial charge in [0.15, 0.2) is 5.82 Å². The highest BCUT2D eigenvalue weighted by Gasteiger charge is 2.33. The van der Waals surface area contributed by atoms with Crippen LogP contribution in [0.15, 0.2) is 27.2 Å². The van der Waals surface area contributed by atoms with E-state index in [9.17, 15) is 0 Å². The lowest BCUT2D eigenvalue weighted by molar-refractivity contribution is 0.356. The van der Waals surface area contributed by atoms with Gasteiger partial charge in [0, 0.05) is 28.1 Å². The molecule has 136 valence electrons. The normalized spacial score (nSPS) is 17.4. The largest absolute Gasteiger partial charge is 0.339 e. The van der Waals surface area contributed by atoms with Crippen molar-refractivity contribution in [3.8, 4) is 11.4 Å². The second kappa shape index (κ2) is 6.89. The Labute approximate surface area is 160 Å². The van der Waals surface area contributed by atoms with Crippen molar-refractivity contribution in [2.75, 3.05) is 11.4 Å². The fourth-order valence-electron chi connectivity index (χ4n) is 3.01. The first-order chi connectivity index (χ1) is 12.5. The summed E-state index contributed by atoms with van der Waals surface area (Å²) in [5.74, 6) is 1.91. The molecule has 9 heteroatoms. The molecule has 1 aliphatic heterocycles. The van der Waals surface area contributed by atoms with E-state index in [-0.39, 0.29) is 12.0 Å². The quantitative estimate of drug-likeness (QED) is 0.623. The average molecular weight is 394 g/mol. The zero-order valence-corrected chi connectivity index (χ0v) is 15.8. The maximum atomic E-state index is 6.06. The number of nitrogens with zero attached hydrogens (tertiary/aromatic N) is 5. The van der Waals surface area contributed by atoms with Crippen LogP contribution in [0.3, 0.4) is 0 Å². The maximum Gasteiger partial charge on any atom is 0.325 e. The second-order valence-electron chi connectivity index (χ2n) is 6.56. The van der Waals surface area contributed by atoms with Crippen molar-refractivity contribution >= 4 is 29.2 Å². The van der Waals surface area contributed by atoms with Crippen LogP contribution < -0.4 is 4.90 Å². The third-order valence-electron chi connectivity index (χ3n) is 4.28. The zero-order chi connectivity index (χ0) is 18.3. The van der Waals surface area contributed by atoms with Crippen molar-refractivity contribution in [2.45, 2.75) is 38.6 Å². The molecule has 1 aliphatic rings. The minimum Gasteiger partial charge on any atom is -0.339 e. The third kappa shape index (κ3) is 3.29. The zero-order valence-electron chi connectivity index (χ0n) is 14.3. The van der Waals surface area contributed by atoms with Crippen LogP contribution in [0.5, 0.6) is 0 Å². The molecule has 1 aromatic carbocycles. The maximum absolute atomic E-state index is 6.06. The highest BCUT2D eigenvalue weighted by Crippen LogP contribution is 2.35. The van der Waals surface area contributed by atoms with E-state index in [0.29, 0.717) is 39.2 Å². The molecule has 0 amide bonds. The van der Waals surface area contributed by atoms with E-state index in [1.807, 2.05) is 18.7 Å². The SMILES string of the molecule is CC(C)c1nc(C2CCCN2c2nc(-c3cc(Cl)cc(Cl)c3)no2)no1. The Morgan fingerprint density at radius 3 is 2.54 bits per heavy atom. The van der Waals surface area contributed by atoms with Crippen LogP contribution in [0.2, 0.25) is 10.0 Å². The highest BCUT2D eigenvalue weighted by molar-refractivity contribution is 6.35. The Kier molecular flexibility index (Phi) is 4.58. The molecule has 3 heterocycles. The number of aromatic nitrogens is 4. The predicted octanol–water partition coefficient (Wildman–Crippen LogP) is 4.89. The molecule has 2 aromatic heterocycles. The van der Waals surface area contributed by atoms with Gasteiger partial charge in [-0.2, -0.15) is 9.97 Å². The lowest BCUT2D eigenvalue weighted by atomic mass is 10.2. The first kappa shape index (κ1) is 17.3. The first-order valence-corrected chi connectivity index (χ1v) is 9.17. The minimum absolute atomic E-state index is 0.0394. The molecule has 1 atom stereocenters. The molecule has 0 spiro atoms. The third-order valence-corrected chi connectivity index (χ3v) is 4.72. The van der Waals surface area contributed by atoms with Gasteiger partial charge in [-0.25, -0.2) is 0 Å². The summed E-state index contributed by atoms with van der Waals surface area (Å²) in [5, 5.41) is 9.24. The van der Waals surface area contributed by atoms with Crippen molar-refractivity contribution in [3.63, 3.8) is 0 Å². The molecule has 1 unspecified atom stereocenters. The van der Waals surface area contributed by atoms with Gasteiger partial charge < -0.3 is 13.9 Å². The van der Waals surface area contributed by atoms with Crippen molar-refractivity contribution in [2.24, 2.45) is 0 Å². The molecular weight excluding hydrogens is 377 g/mol. The Balaban J connectivity index is 1.61. The summed E-state index contributed by atoms with van der Waals surface area (Å²) in [6.45, 7) is 4.82. The van der Waals surface area contributed by atoms with E-state index < -0.39 is 0 Å². The summed E-state index contributed by atoms with van der Waals surface area (Å²) in [6, 6.07) is 5.54. The van der Waals surface area contributed by atoms with Crippen molar-refractivity contribution in [3.05, 3.63) is 40.0 Å². The van der Waals surface area contributed by atoms with Gasteiger partial charge in [-0.05, 0) is 31.0 Å². The van der Waals surface area contributed by atoms with Crippen LogP contribution in [-0.4, -0.2) is 26.8 Å². The summed E-state index contributed by atoms with van der Waals surface area (Å²) in [5.41, 5.74) is 0.704. The Hall–Kier alpha value is -2.12. The summed E-state index contributed by atoms with van der Waals surface area (Å²) in [6.07, 6.45) is 1.88. The molecule has 4 rings (SSSR count). The average Bonchev–Trinajstić information content (AvgIpc) is 3.32. The number of rotatable bonds is 4. The van der Waals surface area contributed by atoms with E-state index in [1.54, 1.807) is 18.2 Å². The molecule has 0 aliphatic carbocycles. The second-order valence-corrected chi connectivity index (χ2v) is 7.43. The molecule has 0 N–H and O–H groups in total. The topological polar surface area (TPSA) is 81.1 Å². The van der Waals surface area contributed by atoms with E-state index in [2.05, 4.69) is 20.3 Å². The van der Waals surface area contributed by atoms with E-state index in [4.69, 9.17) is 32.2 Å². The molecule has 1 fully saturated rings. The van der Waals surface area contributed by atoms with E-state index in [1.165, 1.54) is 0 Å². The number of hydrogen-bond donors (Lipinski definition) is 0. The van der Waals surface area contributed by atoms with Gasteiger partial charge in [-0.15, -0.1) is 0 Å².